The van der Waals surface area contributed by atoms with E-state index in [1.54, 1.807) is 34.6 Å². The van der Waals surface area contributed by atoms with Crippen molar-refractivity contribution in [2.75, 3.05) is 6.61 Å². The molecule has 0 aliphatic heterocycles. The van der Waals surface area contributed by atoms with Crippen molar-refractivity contribution in [2.24, 2.45) is 10.8 Å². The second-order valence-electron chi connectivity index (χ2n) is 5.68. The van der Waals surface area contributed by atoms with Gasteiger partial charge in [0, 0.05) is 0 Å². The first-order chi connectivity index (χ1) is 8.09. The number of esters is 1. The van der Waals surface area contributed by atoms with Crippen LogP contribution in [0.25, 0.3) is 0 Å². The van der Waals surface area contributed by atoms with Crippen molar-refractivity contribution in [3.8, 4) is 0 Å². The lowest BCUT2D eigenvalue weighted by molar-refractivity contribution is -0.165. The van der Waals surface area contributed by atoms with Gasteiger partial charge in [-0.25, -0.2) is 0 Å². The highest BCUT2D eigenvalue weighted by Gasteiger charge is 2.42. The zero-order valence-electron chi connectivity index (χ0n) is 11.8. The number of hydrogen-bond donors (Lipinski definition) is 2. The second kappa shape index (κ2) is 6.18. The number of aliphatic hydroxyl groups is 1. The lowest BCUT2D eigenvalue weighted by Crippen LogP contribution is -2.38. The number of aliphatic hydroxyl groups excluding tert-OH is 1. The number of carboxylic acids is 1. The van der Waals surface area contributed by atoms with E-state index >= 15 is 0 Å². The van der Waals surface area contributed by atoms with Gasteiger partial charge in [0.2, 0.25) is 0 Å². The molecule has 0 aromatic heterocycles. The molecule has 0 aromatic rings. The van der Waals surface area contributed by atoms with Gasteiger partial charge in [-0.1, -0.05) is 6.92 Å². The Balaban J connectivity index is 4.83. The van der Waals surface area contributed by atoms with Gasteiger partial charge >= 0.3 is 11.9 Å². The van der Waals surface area contributed by atoms with Crippen LogP contribution >= 0.6 is 0 Å². The lowest BCUT2D eigenvalue weighted by atomic mass is 9.72. The summed E-state index contributed by atoms with van der Waals surface area (Å²) in [5.74, 6) is -1.40. The van der Waals surface area contributed by atoms with Crippen molar-refractivity contribution in [2.45, 2.75) is 53.6 Å². The summed E-state index contributed by atoms with van der Waals surface area (Å²) in [6, 6.07) is 0. The van der Waals surface area contributed by atoms with Gasteiger partial charge in [0.1, 0.15) is 6.10 Å². The Kier molecular flexibility index (Phi) is 5.80. The van der Waals surface area contributed by atoms with Gasteiger partial charge in [0.15, 0.2) is 0 Å². The third-order valence-corrected chi connectivity index (χ3v) is 3.25. The van der Waals surface area contributed by atoms with Crippen molar-refractivity contribution in [1.82, 2.24) is 0 Å². The number of carboxylic acid groups (broad SMARTS) is 1. The zero-order valence-corrected chi connectivity index (χ0v) is 11.8. The van der Waals surface area contributed by atoms with Crippen LogP contribution < -0.4 is 0 Å². The van der Waals surface area contributed by atoms with E-state index in [4.69, 9.17) is 9.84 Å². The molecule has 5 heteroatoms. The summed E-state index contributed by atoms with van der Waals surface area (Å²) in [4.78, 5) is 23.2. The van der Waals surface area contributed by atoms with Crippen molar-refractivity contribution in [3.63, 3.8) is 0 Å². The molecule has 0 fully saturated rings. The average molecular weight is 260 g/mol. The minimum absolute atomic E-state index is 0.197. The predicted molar refractivity (Wildman–Crippen MR) is 67.1 cm³/mol. The molecule has 0 saturated carbocycles. The van der Waals surface area contributed by atoms with Crippen molar-refractivity contribution in [1.29, 1.82) is 0 Å². The largest absolute Gasteiger partial charge is 0.481 e. The molecule has 2 atom stereocenters. The van der Waals surface area contributed by atoms with E-state index in [0.717, 1.165) is 0 Å². The van der Waals surface area contributed by atoms with Crippen molar-refractivity contribution in [3.05, 3.63) is 0 Å². The summed E-state index contributed by atoms with van der Waals surface area (Å²) in [5.41, 5.74) is -1.85. The lowest BCUT2D eigenvalue weighted by Gasteiger charge is -2.32. The summed E-state index contributed by atoms with van der Waals surface area (Å²) in [6.07, 6.45) is 0.0618. The first-order valence-corrected chi connectivity index (χ1v) is 6.14. The smallest absolute Gasteiger partial charge is 0.311 e. The van der Waals surface area contributed by atoms with E-state index in [1.807, 2.05) is 0 Å². The number of aliphatic carboxylic acids is 1. The monoisotopic (exact) mass is 260 g/mol. The van der Waals surface area contributed by atoms with E-state index in [1.165, 1.54) is 0 Å². The van der Waals surface area contributed by atoms with E-state index in [9.17, 15) is 14.7 Å². The summed E-state index contributed by atoms with van der Waals surface area (Å²) < 4.78 is 5.05. The molecule has 106 valence electrons. The number of carbonyl (C=O) groups is 2. The third-order valence-electron chi connectivity index (χ3n) is 3.25. The van der Waals surface area contributed by atoms with Crippen molar-refractivity contribution < 1.29 is 24.5 Å². The van der Waals surface area contributed by atoms with Crippen LogP contribution in [0.5, 0.6) is 0 Å². The molecule has 0 aromatic carbocycles. The van der Waals surface area contributed by atoms with Gasteiger partial charge in [0.25, 0.3) is 0 Å². The number of rotatable bonds is 7. The molecular formula is C13H24O5. The molecule has 0 amide bonds. The van der Waals surface area contributed by atoms with Crippen LogP contribution in [-0.4, -0.2) is 34.9 Å². The normalized spacial score (nSPS) is 16.8. The highest BCUT2D eigenvalue weighted by atomic mass is 16.6. The Morgan fingerprint density at radius 2 is 1.78 bits per heavy atom. The van der Waals surface area contributed by atoms with Gasteiger partial charge in [-0.15, -0.1) is 0 Å². The third kappa shape index (κ3) is 4.29. The van der Waals surface area contributed by atoms with Crippen LogP contribution in [0.15, 0.2) is 0 Å². The fourth-order valence-electron chi connectivity index (χ4n) is 1.78. The molecule has 0 spiro atoms. The van der Waals surface area contributed by atoms with Crippen LogP contribution in [0.4, 0.5) is 0 Å². The standard InChI is InChI=1S/C13H24O5/c1-6-13(5,10(15)16)8-12(3,4)11(17)18-9(2)7-14/h9,14H,6-8H2,1-5H3,(H,15,16). The van der Waals surface area contributed by atoms with Crippen LogP contribution in [0.1, 0.15) is 47.5 Å². The fraction of sp³-hybridized carbons (Fsp3) is 0.846. The van der Waals surface area contributed by atoms with E-state index in [0.29, 0.717) is 6.42 Å². The maximum atomic E-state index is 11.9. The molecule has 0 rings (SSSR count). The minimum atomic E-state index is -0.953. The molecule has 2 N–H and O–H groups in total. The van der Waals surface area contributed by atoms with E-state index < -0.39 is 28.9 Å². The summed E-state index contributed by atoms with van der Waals surface area (Å²) in [7, 11) is 0. The predicted octanol–water partition coefficient (Wildman–Crippen LogP) is 1.83. The molecule has 0 aliphatic carbocycles. The van der Waals surface area contributed by atoms with Gasteiger partial charge in [-0.2, -0.15) is 0 Å². The molecule has 0 aliphatic rings. The fourth-order valence-corrected chi connectivity index (χ4v) is 1.78. The van der Waals surface area contributed by atoms with E-state index in [2.05, 4.69) is 0 Å². The number of ether oxygens (including phenoxy) is 1. The van der Waals surface area contributed by atoms with Gasteiger partial charge in [0.05, 0.1) is 17.4 Å². The average Bonchev–Trinajstić information content (AvgIpc) is 2.27. The molecule has 0 heterocycles. The van der Waals surface area contributed by atoms with Crippen LogP contribution in [0.2, 0.25) is 0 Å². The molecular weight excluding hydrogens is 236 g/mol. The Morgan fingerprint density at radius 1 is 1.28 bits per heavy atom. The Labute approximate surface area is 108 Å². The summed E-state index contributed by atoms with van der Waals surface area (Å²) in [5, 5.41) is 18.1. The number of carbonyl (C=O) groups excluding carboxylic acids is 1. The molecule has 0 radical (unpaired) electrons. The SMILES string of the molecule is CCC(C)(CC(C)(C)C(=O)OC(C)CO)C(=O)O. The second-order valence-corrected chi connectivity index (χ2v) is 5.68. The number of hydrogen-bond acceptors (Lipinski definition) is 4. The first kappa shape index (κ1) is 16.9. The molecule has 0 saturated heterocycles. The summed E-state index contributed by atoms with van der Waals surface area (Å²) >= 11 is 0. The van der Waals surface area contributed by atoms with E-state index in [-0.39, 0.29) is 13.0 Å². The highest BCUT2D eigenvalue weighted by molar-refractivity contribution is 5.79. The summed E-state index contributed by atoms with van der Waals surface area (Å²) in [6.45, 7) is 8.08. The van der Waals surface area contributed by atoms with Crippen LogP contribution in [0.3, 0.4) is 0 Å². The molecule has 5 nitrogen and oxygen atoms in total. The highest BCUT2D eigenvalue weighted by Crippen LogP contribution is 2.37. The Hall–Kier alpha value is -1.10. The Bertz CT molecular complexity index is 311. The maximum Gasteiger partial charge on any atom is 0.311 e. The molecule has 2 unspecified atom stereocenters. The Morgan fingerprint density at radius 3 is 2.11 bits per heavy atom. The topological polar surface area (TPSA) is 83.8 Å². The van der Waals surface area contributed by atoms with Crippen LogP contribution in [-0.2, 0) is 14.3 Å². The van der Waals surface area contributed by atoms with Gasteiger partial charge in [-0.05, 0) is 40.5 Å². The van der Waals surface area contributed by atoms with Gasteiger partial charge < -0.3 is 14.9 Å². The molecule has 0 bridgehead atoms. The maximum absolute atomic E-state index is 11.9. The van der Waals surface area contributed by atoms with Crippen molar-refractivity contribution >= 4 is 11.9 Å². The minimum Gasteiger partial charge on any atom is -0.481 e. The zero-order chi connectivity index (χ0) is 14.6. The quantitative estimate of drug-likeness (QED) is 0.682. The molecule has 18 heavy (non-hydrogen) atoms. The first-order valence-electron chi connectivity index (χ1n) is 6.14. The van der Waals surface area contributed by atoms with Crippen LogP contribution in [0, 0.1) is 10.8 Å². The van der Waals surface area contributed by atoms with Gasteiger partial charge in [-0.3, -0.25) is 9.59 Å².